The number of thiazole rings is 1. The third-order valence-electron chi connectivity index (χ3n) is 3.60. The lowest BCUT2D eigenvalue weighted by Crippen LogP contribution is -2.27. The van der Waals surface area contributed by atoms with Gasteiger partial charge in [0.1, 0.15) is 11.7 Å². The Morgan fingerprint density at radius 2 is 2.00 bits per heavy atom. The first-order valence-electron chi connectivity index (χ1n) is 7.44. The maximum atomic E-state index is 12.3. The Bertz CT molecular complexity index is 960. The van der Waals surface area contributed by atoms with Gasteiger partial charge in [-0.05, 0) is 30.7 Å². The number of fused-ring (bicyclic) bond motifs is 1. The van der Waals surface area contributed by atoms with Gasteiger partial charge in [0.2, 0.25) is 0 Å². The minimum atomic E-state index is -0.951. The molecular weight excluding hydrogens is 326 g/mol. The van der Waals surface area contributed by atoms with Crippen LogP contribution in [0.4, 0.5) is 0 Å². The summed E-state index contributed by atoms with van der Waals surface area (Å²) < 4.78 is 2.49. The first-order chi connectivity index (χ1) is 11.6. The predicted octanol–water partition coefficient (Wildman–Crippen LogP) is 2.87. The summed E-state index contributed by atoms with van der Waals surface area (Å²) in [7, 11) is 0. The number of carbonyl (C=O) groups is 2. The number of aromatic nitrogens is 2. The fourth-order valence-electron chi connectivity index (χ4n) is 2.47. The van der Waals surface area contributed by atoms with E-state index in [1.54, 1.807) is 29.7 Å². The lowest BCUT2D eigenvalue weighted by atomic mass is 10.2. The molecule has 0 saturated heterocycles. The Labute approximate surface area is 141 Å². The van der Waals surface area contributed by atoms with Crippen LogP contribution < -0.4 is 4.80 Å². The Hall–Kier alpha value is -2.80. The molecule has 1 unspecified atom stereocenters. The average molecular weight is 341 g/mol. The Kier molecular flexibility index (Phi) is 4.52. The summed E-state index contributed by atoms with van der Waals surface area (Å²) in [5.74, 6) is -1.44. The molecule has 2 aromatic heterocycles. The van der Waals surface area contributed by atoms with Crippen LogP contribution in [0.5, 0.6) is 0 Å². The van der Waals surface area contributed by atoms with Gasteiger partial charge in [-0.2, -0.15) is 4.99 Å². The van der Waals surface area contributed by atoms with E-state index < -0.39 is 17.9 Å². The standard InChI is InChI=1S/C17H15N3O3S/c1-2-12(16(22)23)20-13-8-3-4-9-14(13)24-17(20)19-15(21)11-7-5-6-10-18-11/h3-10,12H,2H2,1H3,(H,22,23). The van der Waals surface area contributed by atoms with Gasteiger partial charge < -0.3 is 9.67 Å². The van der Waals surface area contributed by atoms with Crippen molar-refractivity contribution in [2.45, 2.75) is 19.4 Å². The van der Waals surface area contributed by atoms with Crippen molar-refractivity contribution in [3.8, 4) is 0 Å². The van der Waals surface area contributed by atoms with Gasteiger partial charge in [-0.25, -0.2) is 4.79 Å². The topological polar surface area (TPSA) is 84.5 Å². The molecule has 0 aliphatic rings. The van der Waals surface area contributed by atoms with Crippen molar-refractivity contribution in [3.05, 3.63) is 59.2 Å². The SMILES string of the molecule is CCC(C(=O)O)n1c(=NC(=O)c2ccccn2)sc2ccccc21. The molecule has 0 aliphatic heterocycles. The second-order valence-corrected chi connectivity index (χ2v) is 6.13. The summed E-state index contributed by atoms with van der Waals surface area (Å²) in [5.41, 5.74) is 0.981. The van der Waals surface area contributed by atoms with Crippen molar-refractivity contribution < 1.29 is 14.7 Å². The average Bonchev–Trinajstić information content (AvgIpc) is 2.94. The first-order valence-corrected chi connectivity index (χ1v) is 8.26. The summed E-state index contributed by atoms with van der Waals surface area (Å²) in [5, 5.41) is 9.52. The Morgan fingerprint density at radius 3 is 2.67 bits per heavy atom. The van der Waals surface area contributed by atoms with E-state index in [4.69, 9.17) is 0 Å². The molecule has 0 aliphatic carbocycles. The smallest absolute Gasteiger partial charge is 0.326 e. The van der Waals surface area contributed by atoms with Crippen LogP contribution in [0.25, 0.3) is 10.2 Å². The van der Waals surface area contributed by atoms with Gasteiger partial charge in [-0.3, -0.25) is 9.78 Å². The molecule has 3 rings (SSSR count). The summed E-state index contributed by atoms with van der Waals surface area (Å²) in [6.45, 7) is 1.79. The van der Waals surface area contributed by atoms with Gasteiger partial charge in [-0.1, -0.05) is 36.5 Å². The van der Waals surface area contributed by atoms with Crippen molar-refractivity contribution in [3.63, 3.8) is 0 Å². The number of carbonyl (C=O) groups excluding carboxylic acids is 1. The van der Waals surface area contributed by atoms with Crippen LogP contribution in [0.1, 0.15) is 29.9 Å². The number of aliphatic carboxylic acids is 1. The van der Waals surface area contributed by atoms with E-state index in [9.17, 15) is 14.7 Å². The van der Waals surface area contributed by atoms with Crippen molar-refractivity contribution >= 4 is 33.4 Å². The Morgan fingerprint density at radius 1 is 1.25 bits per heavy atom. The lowest BCUT2D eigenvalue weighted by molar-refractivity contribution is -0.140. The van der Waals surface area contributed by atoms with Gasteiger partial charge in [-0.15, -0.1) is 0 Å². The number of amides is 1. The van der Waals surface area contributed by atoms with Gasteiger partial charge >= 0.3 is 5.97 Å². The summed E-state index contributed by atoms with van der Waals surface area (Å²) >= 11 is 1.29. The number of nitrogens with zero attached hydrogens (tertiary/aromatic N) is 3. The fraction of sp³-hybridized carbons (Fsp3) is 0.176. The molecule has 0 bridgehead atoms. The Balaban J connectivity index is 2.22. The zero-order chi connectivity index (χ0) is 17.1. The largest absolute Gasteiger partial charge is 0.480 e. The molecule has 1 atom stereocenters. The molecule has 0 radical (unpaired) electrons. The highest BCUT2D eigenvalue weighted by molar-refractivity contribution is 7.16. The van der Waals surface area contributed by atoms with E-state index in [0.29, 0.717) is 11.2 Å². The third-order valence-corrected chi connectivity index (χ3v) is 4.63. The van der Waals surface area contributed by atoms with Crippen LogP contribution in [0.3, 0.4) is 0 Å². The molecule has 1 N–H and O–H groups in total. The van der Waals surface area contributed by atoms with Crippen molar-refractivity contribution in [1.82, 2.24) is 9.55 Å². The van der Waals surface area contributed by atoms with Crippen molar-refractivity contribution in [1.29, 1.82) is 0 Å². The van der Waals surface area contributed by atoms with Gasteiger partial charge in [0.25, 0.3) is 5.91 Å². The van der Waals surface area contributed by atoms with Crippen molar-refractivity contribution in [2.24, 2.45) is 4.99 Å². The molecule has 1 amide bonds. The summed E-state index contributed by atoms with van der Waals surface area (Å²) in [4.78, 5) is 32.5. The molecule has 2 heterocycles. The molecule has 7 heteroatoms. The maximum Gasteiger partial charge on any atom is 0.326 e. The van der Waals surface area contributed by atoms with Crippen molar-refractivity contribution in [2.75, 3.05) is 0 Å². The van der Waals surface area contributed by atoms with E-state index >= 15 is 0 Å². The van der Waals surface area contributed by atoms with Gasteiger partial charge in [0, 0.05) is 6.20 Å². The second-order valence-electron chi connectivity index (χ2n) is 5.12. The number of rotatable bonds is 4. The number of carboxylic acids is 1. The predicted molar refractivity (Wildman–Crippen MR) is 90.9 cm³/mol. The van der Waals surface area contributed by atoms with Crippen LogP contribution in [0.15, 0.2) is 53.7 Å². The van der Waals surface area contributed by atoms with E-state index in [0.717, 1.165) is 10.2 Å². The highest BCUT2D eigenvalue weighted by Crippen LogP contribution is 2.22. The lowest BCUT2D eigenvalue weighted by Gasteiger charge is -2.13. The molecule has 122 valence electrons. The highest BCUT2D eigenvalue weighted by atomic mass is 32.1. The number of pyridine rings is 1. The number of para-hydroxylation sites is 1. The van der Waals surface area contributed by atoms with E-state index in [1.165, 1.54) is 17.5 Å². The molecule has 0 saturated carbocycles. The van der Waals surface area contributed by atoms with Gasteiger partial charge in [0.15, 0.2) is 4.80 Å². The van der Waals surface area contributed by atoms with E-state index in [-0.39, 0.29) is 5.69 Å². The first kappa shape index (κ1) is 16.1. The summed E-state index contributed by atoms with van der Waals surface area (Å²) in [6.07, 6.45) is 1.91. The quantitative estimate of drug-likeness (QED) is 0.791. The third kappa shape index (κ3) is 2.98. The highest BCUT2D eigenvalue weighted by Gasteiger charge is 2.22. The van der Waals surface area contributed by atoms with Crippen LogP contribution in [0, 0.1) is 0 Å². The molecule has 24 heavy (non-hydrogen) atoms. The summed E-state index contributed by atoms with van der Waals surface area (Å²) in [6, 6.07) is 11.7. The second kappa shape index (κ2) is 6.76. The fourth-order valence-corrected chi connectivity index (χ4v) is 3.54. The molecule has 0 spiro atoms. The molecule has 3 aromatic rings. The van der Waals surface area contributed by atoms with Crippen LogP contribution in [-0.2, 0) is 4.79 Å². The number of hydrogen-bond donors (Lipinski definition) is 1. The number of carboxylic acid groups (broad SMARTS) is 1. The van der Waals surface area contributed by atoms with Gasteiger partial charge in [0.05, 0.1) is 10.2 Å². The van der Waals surface area contributed by atoms with E-state index in [1.807, 2.05) is 24.3 Å². The normalized spacial score (nSPS) is 13.1. The zero-order valence-electron chi connectivity index (χ0n) is 12.9. The maximum absolute atomic E-state index is 12.3. The number of hydrogen-bond acceptors (Lipinski definition) is 4. The minimum absolute atomic E-state index is 0.227. The van der Waals surface area contributed by atoms with Crippen LogP contribution in [0.2, 0.25) is 0 Å². The van der Waals surface area contributed by atoms with Crippen LogP contribution >= 0.6 is 11.3 Å². The molecule has 1 aromatic carbocycles. The molecule has 6 nitrogen and oxygen atoms in total. The minimum Gasteiger partial charge on any atom is -0.480 e. The monoisotopic (exact) mass is 341 g/mol. The van der Waals surface area contributed by atoms with E-state index in [2.05, 4.69) is 9.98 Å². The molecular formula is C17H15N3O3S. The number of benzene rings is 1. The zero-order valence-corrected chi connectivity index (χ0v) is 13.7. The van der Waals surface area contributed by atoms with Crippen LogP contribution in [-0.4, -0.2) is 26.5 Å². The molecule has 0 fully saturated rings.